The van der Waals surface area contributed by atoms with Crippen LogP contribution in [0, 0.1) is 5.82 Å². The molecule has 3 rings (SSSR count). The number of rotatable bonds is 1. The fraction of sp³-hybridized carbons (Fsp3) is 0.294. The van der Waals surface area contributed by atoms with Crippen molar-refractivity contribution >= 4 is 27.5 Å². The largest absolute Gasteiger partial charge is 0.318 e. The zero-order valence-electron chi connectivity index (χ0n) is 11.5. The van der Waals surface area contributed by atoms with Gasteiger partial charge in [0.2, 0.25) is 0 Å². The number of hydrogen-bond donors (Lipinski definition) is 1. The Morgan fingerprint density at radius 1 is 1.10 bits per heavy atom. The van der Waals surface area contributed by atoms with Crippen LogP contribution in [-0.4, -0.2) is 0 Å². The van der Waals surface area contributed by atoms with E-state index in [-0.39, 0.29) is 5.02 Å². The number of fused-ring (bicyclic) bond motifs is 1. The SMILES string of the molecule is NC1(c2ccc(Br)c(Cl)c2F)CCCCc2ccccc21. The summed E-state index contributed by atoms with van der Waals surface area (Å²) in [7, 11) is 0. The van der Waals surface area contributed by atoms with Crippen LogP contribution in [0.25, 0.3) is 0 Å². The standard InChI is InChI=1S/C17H16BrClFN/c18-14-9-8-13(16(20)15(14)19)17(21)10-4-3-6-11-5-1-2-7-12(11)17/h1-2,5,7-9H,3-4,6,10,21H2. The average molecular weight is 369 g/mol. The van der Waals surface area contributed by atoms with Gasteiger partial charge in [-0.3, -0.25) is 0 Å². The Hall–Kier alpha value is -0.900. The highest BCUT2D eigenvalue weighted by Gasteiger charge is 2.36. The highest BCUT2D eigenvalue weighted by molar-refractivity contribution is 9.10. The molecule has 0 saturated carbocycles. The van der Waals surface area contributed by atoms with Gasteiger partial charge in [-0.05, 0) is 52.4 Å². The van der Waals surface area contributed by atoms with E-state index in [9.17, 15) is 4.39 Å². The minimum absolute atomic E-state index is 0.0963. The molecule has 2 aromatic rings. The fourth-order valence-electron chi connectivity index (χ4n) is 3.18. The van der Waals surface area contributed by atoms with Crippen LogP contribution in [0.3, 0.4) is 0 Å². The predicted octanol–water partition coefficient (Wildman–Crippen LogP) is 5.17. The summed E-state index contributed by atoms with van der Waals surface area (Å²) in [5, 5.41) is 0.0963. The molecule has 0 heterocycles. The van der Waals surface area contributed by atoms with Crippen LogP contribution in [0.5, 0.6) is 0 Å². The van der Waals surface area contributed by atoms with Gasteiger partial charge in [-0.15, -0.1) is 0 Å². The van der Waals surface area contributed by atoms with Crippen LogP contribution in [-0.2, 0) is 12.0 Å². The third-order valence-electron chi connectivity index (χ3n) is 4.28. The molecule has 2 aromatic carbocycles. The number of benzene rings is 2. The van der Waals surface area contributed by atoms with Gasteiger partial charge in [-0.1, -0.05) is 48.4 Å². The molecule has 1 unspecified atom stereocenters. The smallest absolute Gasteiger partial charge is 0.148 e. The molecule has 1 aliphatic rings. The zero-order valence-corrected chi connectivity index (χ0v) is 13.8. The van der Waals surface area contributed by atoms with Crippen LogP contribution in [0.1, 0.15) is 36.0 Å². The molecule has 110 valence electrons. The molecular formula is C17H16BrClFN. The lowest BCUT2D eigenvalue weighted by atomic mass is 9.79. The summed E-state index contributed by atoms with van der Waals surface area (Å²) < 4.78 is 15.2. The van der Waals surface area contributed by atoms with E-state index in [2.05, 4.69) is 22.0 Å². The molecular weight excluding hydrogens is 353 g/mol. The summed E-state index contributed by atoms with van der Waals surface area (Å²) in [5.74, 6) is -0.426. The van der Waals surface area contributed by atoms with Gasteiger partial charge < -0.3 is 5.73 Å². The lowest BCUT2D eigenvalue weighted by Gasteiger charge is -2.31. The maximum absolute atomic E-state index is 14.7. The number of nitrogens with two attached hydrogens (primary N) is 1. The van der Waals surface area contributed by atoms with Crippen molar-refractivity contribution in [1.82, 2.24) is 0 Å². The van der Waals surface area contributed by atoms with Crippen LogP contribution in [0.2, 0.25) is 5.02 Å². The Morgan fingerprint density at radius 2 is 1.86 bits per heavy atom. The summed E-state index contributed by atoms with van der Waals surface area (Å²) >= 11 is 9.31. The Kier molecular flexibility index (Phi) is 4.08. The van der Waals surface area contributed by atoms with E-state index in [4.69, 9.17) is 17.3 Å². The molecule has 21 heavy (non-hydrogen) atoms. The van der Waals surface area contributed by atoms with Crippen molar-refractivity contribution in [2.45, 2.75) is 31.2 Å². The second-order valence-corrected chi connectivity index (χ2v) is 6.79. The molecule has 0 radical (unpaired) electrons. The summed E-state index contributed by atoms with van der Waals surface area (Å²) in [5.41, 5.74) is 8.58. The third-order valence-corrected chi connectivity index (χ3v) is 5.54. The van der Waals surface area contributed by atoms with Crippen molar-refractivity contribution in [2.75, 3.05) is 0 Å². The maximum Gasteiger partial charge on any atom is 0.148 e. The third kappa shape index (κ3) is 2.52. The molecule has 0 fully saturated rings. The normalized spacial score (nSPS) is 21.7. The van der Waals surface area contributed by atoms with Gasteiger partial charge in [0.15, 0.2) is 0 Å². The van der Waals surface area contributed by atoms with Gasteiger partial charge in [-0.2, -0.15) is 0 Å². The van der Waals surface area contributed by atoms with Crippen molar-refractivity contribution < 1.29 is 4.39 Å². The van der Waals surface area contributed by atoms with E-state index in [1.165, 1.54) is 5.56 Å². The van der Waals surface area contributed by atoms with Gasteiger partial charge in [0, 0.05) is 10.0 Å². The molecule has 4 heteroatoms. The minimum atomic E-state index is -0.818. The molecule has 0 aromatic heterocycles. The number of aryl methyl sites for hydroxylation is 1. The Bertz CT molecular complexity index is 688. The summed E-state index contributed by atoms with van der Waals surface area (Å²) in [6.45, 7) is 0. The van der Waals surface area contributed by atoms with Crippen LogP contribution >= 0.6 is 27.5 Å². The molecule has 1 nitrogen and oxygen atoms in total. The topological polar surface area (TPSA) is 26.0 Å². The van der Waals surface area contributed by atoms with E-state index in [1.807, 2.05) is 18.2 Å². The molecule has 0 spiro atoms. The quantitative estimate of drug-likeness (QED) is 0.545. The first-order valence-corrected chi connectivity index (χ1v) is 8.22. The molecule has 0 saturated heterocycles. The van der Waals surface area contributed by atoms with Crippen molar-refractivity contribution in [3.05, 3.63) is 68.4 Å². The maximum atomic E-state index is 14.7. The van der Waals surface area contributed by atoms with E-state index in [0.717, 1.165) is 31.2 Å². The van der Waals surface area contributed by atoms with Gasteiger partial charge >= 0.3 is 0 Å². The van der Waals surface area contributed by atoms with Crippen molar-refractivity contribution in [2.24, 2.45) is 5.73 Å². The molecule has 1 aliphatic carbocycles. The van der Waals surface area contributed by atoms with E-state index in [1.54, 1.807) is 12.1 Å². The van der Waals surface area contributed by atoms with Crippen LogP contribution < -0.4 is 5.73 Å². The second kappa shape index (κ2) is 5.71. The summed E-state index contributed by atoms with van der Waals surface area (Å²) in [6.07, 6.45) is 3.75. The first kappa shape index (κ1) is 15.0. The first-order chi connectivity index (χ1) is 10.0. The lowest BCUT2D eigenvalue weighted by molar-refractivity contribution is 0.452. The Balaban J connectivity index is 2.23. The summed E-state index contributed by atoms with van der Waals surface area (Å²) in [4.78, 5) is 0. The van der Waals surface area contributed by atoms with E-state index >= 15 is 0 Å². The lowest BCUT2D eigenvalue weighted by Crippen LogP contribution is -2.39. The minimum Gasteiger partial charge on any atom is -0.318 e. The molecule has 0 amide bonds. The van der Waals surface area contributed by atoms with E-state index < -0.39 is 11.4 Å². The average Bonchev–Trinajstić information content (AvgIpc) is 2.65. The second-order valence-electron chi connectivity index (χ2n) is 5.56. The Morgan fingerprint density at radius 3 is 2.67 bits per heavy atom. The van der Waals surface area contributed by atoms with Crippen LogP contribution in [0.15, 0.2) is 40.9 Å². The fourth-order valence-corrected chi connectivity index (χ4v) is 3.65. The van der Waals surface area contributed by atoms with Crippen molar-refractivity contribution in [3.63, 3.8) is 0 Å². The molecule has 0 bridgehead atoms. The monoisotopic (exact) mass is 367 g/mol. The summed E-state index contributed by atoms with van der Waals surface area (Å²) in [6, 6.07) is 11.6. The molecule has 1 atom stereocenters. The Labute approximate surface area is 137 Å². The first-order valence-electron chi connectivity index (χ1n) is 7.05. The van der Waals surface area contributed by atoms with Gasteiger partial charge in [0.25, 0.3) is 0 Å². The molecule has 0 aliphatic heterocycles. The van der Waals surface area contributed by atoms with E-state index in [0.29, 0.717) is 10.0 Å². The number of hydrogen-bond acceptors (Lipinski definition) is 1. The van der Waals surface area contributed by atoms with Gasteiger partial charge in [0.1, 0.15) is 5.82 Å². The predicted molar refractivity (Wildman–Crippen MR) is 88.1 cm³/mol. The highest BCUT2D eigenvalue weighted by Crippen LogP contribution is 2.41. The van der Waals surface area contributed by atoms with Crippen molar-refractivity contribution in [1.29, 1.82) is 0 Å². The van der Waals surface area contributed by atoms with Crippen LogP contribution in [0.4, 0.5) is 4.39 Å². The van der Waals surface area contributed by atoms with Gasteiger partial charge in [-0.25, -0.2) is 4.39 Å². The highest BCUT2D eigenvalue weighted by atomic mass is 79.9. The molecule has 2 N–H and O–H groups in total. The van der Waals surface area contributed by atoms with Crippen molar-refractivity contribution in [3.8, 4) is 0 Å². The zero-order chi connectivity index (χ0) is 15.0. The number of halogens is 3. The van der Waals surface area contributed by atoms with Gasteiger partial charge in [0.05, 0.1) is 10.6 Å².